The van der Waals surface area contributed by atoms with Crippen molar-refractivity contribution in [1.29, 1.82) is 0 Å². The number of carbonyl (C=O) groups is 1. The Balaban J connectivity index is 1.67. The van der Waals surface area contributed by atoms with Crippen LogP contribution in [0.1, 0.15) is 42.1 Å². The van der Waals surface area contributed by atoms with Gasteiger partial charge in [-0.05, 0) is 48.2 Å². The van der Waals surface area contributed by atoms with E-state index in [1.54, 1.807) is 12.1 Å². The Kier molecular flexibility index (Phi) is 7.91. The molecule has 33 heavy (non-hydrogen) atoms. The minimum Gasteiger partial charge on any atom is -0.493 e. The van der Waals surface area contributed by atoms with Crippen LogP contribution in [-0.4, -0.2) is 63.4 Å². The van der Waals surface area contributed by atoms with E-state index in [0.29, 0.717) is 5.92 Å². The highest BCUT2D eigenvalue weighted by atomic mass is 32.2. The molecule has 1 fully saturated rings. The molecule has 1 unspecified atom stereocenters. The molecule has 2 aromatic carbocycles. The average molecular weight is 483 g/mol. The third kappa shape index (κ3) is 5.62. The molecule has 0 aromatic heterocycles. The topological polar surface area (TPSA) is 76.2 Å². The zero-order valence-electron chi connectivity index (χ0n) is 18.8. The van der Waals surface area contributed by atoms with Gasteiger partial charge in [0.1, 0.15) is 0 Å². The Morgan fingerprint density at radius 2 is 1.67 bits per heavy atom. The number of halogens is 2. The van der Waals surface area contributed by atoms with Crippen molar-refractivity contribution >= 4 is 15.9 Å². The predicted molar refractivity (Wildman–Crippen MR) is 119 cm³/mol. The summed E-state index contributed by atoms with van der Waals surface area (Å²) in [6, 6.07) is 10.9. The summed E-state index contributed by atoms with van der Waals surface area (Å²) in [5.74, 6) is -0.139. The van der Waals surface area contributed by atoms with Gasteiger partial charge >= 0.3 is 6.61 Å². The Bertz CT molecular complexity index is 1070. The summed E-state index contributed by atoms with van der Waals surface area (Å²) in [5, 5.41) is 0. The molecular formula is C23H28F2N2O5S. The maximum Gasteiger partial charge on any atom is 0.387 e. The molecule has 0 N–H and O–H groups in total. The summed E-state index contributed by atoms with van der Waals surface area (Å²) in [4.78, 5) is 14.6. The highest BCUT2D eigenvalue weighted by Gasteiger charge is 2.31. The lowest BCUT2D eigenvalue weighted by Crippen LogP contribution is -2.50. The molecule has 0 radical (unpaired) electrons. The monoisotopic (exact) mass is 482 g/mol. The number of hydrogen-bond donors (Lipinski definition) is 0. The average Bonchev–Trinajstić information content (AvgIpc) is 2.83. The lowest BCUT2D eigenvalue weighted by atomic mass is 9.99. The molecule has 0 bridgehead atoms. The van der Waals surface area contributed by atoms with E-state index in [1.165, 1.54) is 34.5 Å². The fraction of sp³-hybridized carbons (Fsp3) is 0.435. The van der Waals surface area contributed by atoms with Crippen LogP contribution < -0.4 is 9.47 Å². The van der Waals surface area contributed by atoms with Crippen molar-refractivity contribution in [3.63, 3.8) is 0 Å². The number of rotatable bonds is 8. The minimum absolute atomic E-state index is 0.0169. The number of sulfonamides is 1. The first-order valence-corrected chi connectivity index (χ1v) is 12.1. The quantitative estimate of drug-likeness (QED) is 0.569. The summed E-state index contributed by atoms with van der Waals surface area (Å²) in [6.45, 7) is 1.89. The van der Waals surface area contributed by atoms with Crippen LogP contribution in [0.3, 0.4) is 0 Å². The molecule has 0 spiro atoms. The Labute approximate surface area is 192 Å². The Morgan fingerprint density at radius 3 is 2.21 bits per heavy atom. The number of hydrogen-bond acceptors (Lipinski definition) is 5. The number of benzene rings is 2. The summed E-state index contributed by atoms with van der Waals surface area (Å²) < 4.78 is 61.9. The van der Waals surface area contributed by atoms with Crippen LogP contribution in [0, 0.1) is 0 Å². The van der Waals surface area contributed by atoms with E-state index in [-0.39, 0.29) is 54.0 Å². The van der Waals surface area contributed by atoms with Gasteiger partial charge in [-0.2, -0.15) is 13.1 Å². The van der Waals surface area contributed by atoms with Crippen molar-refractivity contribution < 1.29 is 31.5 Å². The van der Waals surface area contributed by atoms with Crippen LogP contribution in [0.15, 0.2) is 47.4 Å². The number of amides is 1. The van der Waals surface area contributed by atoms with Crippen LogP contribution in [-0.2, 0) is 10.0 Å². The van der Waals surface area contributed by atoms with E-state index in [0.717, 1.165) is 12.0 Å². The number of ether oxygens (including phenoxy) is 2. The van der Waals surface area contributed by atoms with Crippen LogP contribution in [0.25, 0.3) is 0 Å². The molecule has 1 aliphatic rings. The second-order valence-corrected chi connectivity index (χ2v) is 9.76. The first kappa shape index (κ1) is 24.9. The molecule has 2 aromatic rings. The first-order chi connectivity index (χ1) is 15.7. The molecule has 1 amide bonds. The molecular weight excluding hydrogens is 454 g/mol. The molecule has 1 saturated heterocycles. The van der Waals surface area contributed by atoms with E-state index < -0.39 is 16.6 Å². The largest absolute Gasteiger partial charge is 0.493 e. The Hall–Kier alpha value is -2.72. The van der Waals surface area contributed by atoms with Gasteiger partial charge < -0.3 is 14.4 Å². The van der Waals surface area contributed by atoms with E-state index in [4.69, 9.17) is 4.74 Å². The second-order valence-electron chi connectivity index (χ2n) is 7.82. The minimum atomic E-state index is -3.67. The van der Waals surface area contributed by atoms with Crippen LogP contribution in [0.5, 0.6) is 11.5 Å². The van der Waals surface area contributed by atoms with E-state index >= 15 is 0 Å². The molecule has 0 aliphatic carbocycles. The standard InChI is InChI=1S/C23H28F2N2O5S/c1-4-16(2)17-5-8-19(9-6-17)33(29,30)27-13-11-26(12-14-27)22(28)18-7-10-20(32-23(24)25)21(15-18)31-3/h5-10,15-16,23H,4,11-14H2,1-3H3. The highest BCUT2D eigenvalue weighted by Crippen LogP contribution is 2.30. The molecule has 180 valence electrons. The maximum absolute atomic E-state index is 13.0. The number of carbonyl (C=O) groups excluding carboxylic acids is 1. The van der Waals surface area contributed by atoms with Crippen molar-refractivity contribution in [1.82, 2.24) is 9.21 Å². The Morgan fingerprint density at radius 1 is 1.03 bits per heavy atom. The van der Waals surface area contributed by atoms with Gasteiger partial charge in [-0.1, -0.05) is 26.0 Å². The normalized spacial score (nSPS) is 16.0. The molecule has 10 heteroatoms. The summed E-state index contributed by atoms with van der Waals surface area (Å²) in [6.07, 6.45) is 0.968. The van der Waals surface area contributed by atoms with Gasteiger partial charge in [-0.25, -0.2) is 8.42 Å². The number of nitrogens with zero attached hydrogens (tertiary/aromatic N) is 2. The molecule has 3 rings (SSSR count). The molecule has 0 saturated carbocycles. The number of alkyl halides is 2. The van der Waals surface area contributed by atoms with Gasteiger partial charge in [0.15, 0.2) is 11.5 Å². The summed E-state index contributed by atoms with van der Waals surface area (Å²) in [5.41, 5.74) is 1.33. The van der Waals surface area contributed by atoms with E-state index in [9.17, 15) is 22.0 Å². The van der Waals surface area contributed by atoms with Gasteiger partial charge in [0.25, 0.3) is 5.91 Å². The van der Waals surface area contributed by atoms with Gasteiger partial charge in [-0.3, -0.25) is 4.79 Å². The van der Waals surface area contributed by atoms with Crippen LogP contribution in [0.2, 0.25) is 0 Å². The van der Waals surface area contributed by atoms with E-state index in [2.05, 4.69) is 18.6 Å². The van der Waals surface area contributed by atoms with Crippen molar-refractivity contribution in [2.45, 2.75) is 37.7 Å². The summed E-state index contributed by atoms with van der Waals surface area (Å²) in [7, 11) is -2.37. The number of piperazine rings is 1. The van der Waals surface area contributed by atoms with Gasteiger partial charge in [0.05, 0.1) is 12.0 Å². The smallest absolute Gasteiger partial charge is 0.387 e. The van der Waals surface area contributed by atoms with Crippen molar-refractivity contribution in [2.24, 2.45) is 0 Å². The molecule has 1 heterocycles. The van der Waals surface area contributed by atoms with Crippen LogP contribution in [0.4, 0.5) is 8.78 Å². The number of methoxy groups -OCH3 is 1. The van der Waals surface area contributed by atoms with Crippen LogP contribution >= 0.6 is 0 Å². The lowest BCUT2D eigenvalue weighted by molar-refractivity contribution is -0.0512. The molecule has 1 atom stereocenters. The molecule has 7 nitrogen and oxygen atoms in total. The lowest BCUT2D eigenvalue weighted by Gasteiger charge is -2.34. The van der Waals surface area contributed by atoms with Crippen molar-refractivity contribution in [3.05, 3.63) is 53.6 Å². The molecule has 1 aliphatic heterocycles. The van der Waals surface area contributed by atoms with Crippen molar-refractivity contribution in [3.8, 4) is 11.5 Å². The maximum atomic E-state index is 13.0. The zero-order valence-corrected chi connectivity index (χ0v) is 19.6. The van der Waals surface area contributed by atoms with Gasteiger partial charge in [-0.15, -0.1) is 0 Å². The van der Waals surface area contributed by atoms with Gasteiger partial charge in [0, 0.05) is 31.7 Å². The second kappa shape index (κ2) is 10.5. The highest BCUT2D eigenvalue weighted by molar-refractivity contribution is 7.89. The van der Waals surface area contributed by atoms with Gasteiger partial charge in [0.2, 0.25) is 10.0 Å². The predicted octanol–water partition coefficient (Wildman–Crippen LogP) is 3.96. The zero-order chi connectivity index (χ0) is 24.2. The SMILES string of the molecule is CCC(C)c1ccc(S(=O)(=O)N2CCN(C(=O)c3ccc(OC(F)F)c(OC)c3)CC2)cc1. The fourth-order valence-corrected chi connectivity index (χ4v) is 5.08. The summed E-state index contributed by atoms with van der Waals surface area (Å²) >= 11 is 0. The third-order valence-electron chi connectivity index (χ3n) is 5.85. The third-order valence-corrected chi connectivity index (χ3v) is 7.76. The first-order valence-electron chi connectivity index (χ1n) is 10.7. The van der Waals surface area contributed by atoms with Crippen molar-refractivity contribution in [2.75, 3.05) is 33.3 Å². The fourth-order valence-electron chi connectivity index (χ4n) is 3.66. The van der Waals surface area contributed by atoms with E-state index in [1.807, 2.05) is 12.1 Å².